The van der Waals surface area contributed by atoms with E-state index >= 15 is 0 Å². The molecule has 1 aromatic rings. The van der Waals surface area contributed by atoms with Crippen LogP contribution in [0.15, 0.2) is 12.1 Å². The van der Waals surface area contributed by atoms with Crippen LogP contribution >= 0.6 is 11.6 Å². The molecule has 0 radical (unpaired) electrons. The van der Waals surface area contributed by atoms with Crippen molar-refractivity contribution in [3.05, 3.63) is 28.5 Å². The van der Waals surface area contributed by atoms with Gasteiger partial charge in [0.2, 0.25) is 0 Å². The highest BCUT2D eigenvalue weighted by molar-refractivity contribution is 6.32. The van der Waals surface area contributed by atoms with E-state index in [9.17, 15) is 4.39 Å². The molecule has 1 aliphatic rings. The Hall–Kier alpha value is -0.760. The van der Waals surface area contributed by atoms with Crippen LogP contribution in [0.2, 0.25) is 5.02 Å². The molecule has 0 N–H and O–H groups in total. The molecule has 2 rings (SSSR count). The quantitative estimate of drug-likeness (QED) is 0.749. The Labute approximate surface area is 101 Å². The summed E-state index contributed by atoms with van der Waals surface area (Å²) in [6.07, 6.45) is 3.56. The number of halogens is 2. The lowest BCUT2D eigenvalue weighted by Gasteiger charge is -2.15. The van der Waals surface area contributed by atoms with Crippen LogP contribution < -0.4 is 4.74 Å². The standard InChI is InChI=1S/C13H16ClFO/c1-8-3-4-10(5-8)16-13-6-9(2)12(15)7-11(13)14/h6-8,10H,3-5H2,1-2H3. The van der Waals surface area contributed by atoms with Gasteiger partial charge in [-0.25, -0.2) is 4.39 Å². The van der Waals surface area contributed by atoms with Crippen molar-refractivity contribution in [2.75, 3.05) is 0 Å². The minimum atomic E-state index is -0.280. The minimum absolute atomic E-state index is 0.234. The fourth-order valence-electron chi connectivity index (χ4n) is 2.16. The molecule has 1 fully saturated rings. The molecule has 0 spiro atoms. The second-order valence-corrected chi connectivity index (χ2v) is 5.10. The number of hydrogen-bond acceptors (Lipinski definition) is 1. The van der Waals surface area contributed by atoms with Gasteiger partial charge in [-0.3, -0.25) is 0 Å². The third kappa shape index (κ3) is 2.49. The summed E-state index contributed by atoms with van der Waals surface area (Å²) in [5.74, 6) is 1.04. The Kier molecular flexibility index (Phi) is 3.38. The molecule has 1 aromatic carbocycles. The first kappa shape index (κ1) is 11.7. The van der Waals surface area contributed by atoms with Crippen LogP contribution in [-0.4, -0.2) is 6.10 Å². The SMILES string of the molecule is Cc1cc(OC2CCC(C)C2)c(Cl)cc1F. The van der Waals surface area contributed by atoms with E-state index in [-0.39, 0.29) is 11.9 Å². The van der Waals surface area contributed by atoms with E-state index in [1.54, 1.807) is 13.0 Å². The maximum absolute atomic E-state index is 13.2. The number of aryl methyl sites for hydroxylation is 1. The Morgan fingerprint density at radius 2 is 2.12 bits per heavy atom. The fourth-order valence-corrected chi connectivity index (χ4v) is 2.36. The molecule has 3 heteroatoms. The first-order valence-corrected chi connectivity index (χ1v) is 6.06. The summed E-state index contributed by atoms with van der Waals surface area (Å²) in [6.45, 7) is 3.94. The molecule has 1 saturated carbocycles. The summed E-state index contributed by atoms with van der Waals surface area (Å²) in [5.41, 5.74) is 0.574. The summed E-state index contributed by atoms with van der Waals surface area (Å²) in [4.78, 5) is 0. The molecule has 1 aliphatic carbocycles. The summed E-state index contributed by atoms with van der Waals surface area (Å²) < 4.78 is 19.0. The summed E-state index contributed by atoms with van der Waals surface area (Å²) in [5, 5.41) is 0.364. The predicted octanol–water partition coefficient (Wildman–Crippen LogP) is 4.35. The number of ether oxygens (including phenoxy) is 1. The van der Waals surface area contributed by atoms with Gasteiger partial charge in [0, 0.05) is 0 Å². The second-order valence-electron chi connectivity index (χ2n) is 4.69. The van der Waals surface area contributed by atoms with E-state index < -0.39 is 0 Å². The molecule has 0 aliphatic heterocycles. The monoisotopic (exact) mass is 242 g/mol. The zero-order valence-corrected chi connectivity index (χ0v) is 10.4. The van der Waals surface area contributed by atoms with Crippen molar-refractivity contribution >= 4 is 11.6 Å². The molecular weight excluding hydrogens is 227 g/mol. The molecule has 1 nitrogen and oxygen atoms in total. The third-order valence-corrected chi connectivity index (χ3v) is 3.45. The molecule has 0 heterocycles. The van der Waals surface area contributed by atoms with Crippen molar-refractivity contribution in [2.24, 2.45) is 5.92 Å². The van der Waals surface area contributed by atoms with Gasteiger partial charge >= 0.3 is 0 Å². The molecule has 0 bridgehead atoms. The minimum Gasteiger partial charge on any atom is -0.489 e. The molecule has 88 valence electrons. The Balaban J connectivity index is 2.12. The lowest BCUT2D eigenvalue weighted by atomic mass is 10.1. The van der Waals surface area contributed by atoms with Gasteiger partial charge in [0.15, 0.2) is 0 Å². The zero-order valence-electron chi connectivity index (χ0n) is 9.59. The third-order valence-electron chi connectivity index (χ3n) is 3.15. The van der Waals surface area contributed by atoms with Gasteiger partial charge in [-0.1, -0.05) is 18.5 Å². The average Bonchev–Trinajstić information content (AvgIpc) is 2.60. The van der Waals surface area contributed by atoms with Crippen LogP contribution in [-0.2, 0) is 0 Å². The molecule has 0 saturated heterocycles. The highest BCUT2D eigenvalue weighted by Crippen LogP contribution is 2.33. The first-order chi connectivity index (χ1) is 7.56. The second kappa shape index (κ2) is 4.62. The summed E-state index contributed by atoms with van der Waals surface area (Å²) >= 11 is 5.95. The molecule has 0 aromatic heterocycles. The number of benzene rings is 1. The average molecular weight is 243 g/mol. The molecule has 2 unspecified atom stereocenters. The Morgan fingerprint density at radius 3 is 2.75 bits per heavy atom. The van der Waals surface area contributed by atoms with Crippen molar-refractivity contribution in [3.8, 4) is 5.75 Å². The van der Waals surface area contributed by atoms with Crippen LogP contribution in [0.4, 0.5) is 4.39 Å². The van der Waals surface area contributed by atoms with Crippen LogP contribution in [0.3, 0.4) is 0 Å². The van der Waals surface area contributed by atoms with E-state index in [4.69, 9.17) is 16.3 Å². The molecule has 2 atom stereocenters. The predicted molar refractivity (Wildman–Crippen MR) is 63.6 cm³/mol. The van der Waals surface area contributed by atoms with Gasteiger partial charge in [-0.15, -0.1) is 0 Å². The van der Waals surface area contributed by atoms with Crippen molar-refractivity contribution in [1.29, 1.82) is 0 Å². The normalized spacial score (nSPS) is 24.8. The van der Waals surface area contributed by atoms with Crippen LogP contribution in [0.25, 0.3) is 0 Å². The van der Waals surface area contributed by atoms with Crippen LogP contribution in [0.1, 0.15) is 31.7 Å². The highest BCUT2D eigenvalue weighted by Gasteiger charge is 2.23. The van der Waals surface area contributed by atoms with Crippen LogP contribution in [0.5, 0.6) is 5.75 Å². The molecule has 16 heavy (non-hydrogen) atoms. The van der Waals surface area contributed by atoms with E-state index in [1.807, 2.05) is 0 Å². The number of rotatable bonds is 2. The van der Waals surface area contributed by atoms with E-state index in [0.717, 1.165) is 12.8 Å². The first-order valence-electron chi connectivity index (χ1n) is 5.68. The smallest absolute Gasteiger partial charge is 0.138 e. The maximum Gasteiger partial charge on any atom is 0.138 e. The van der Waals surface area contributed by atoms with Gasteiger partial charge in [-0.2, -0.15) is 0 Å². The van der Waals surface area contributed by atoms with Gasteiger partial charge in [-0.05, 0) is 49.8 Å². The van der Waals surface area contributed by atoms with Gasteiger partial charge in [0.05, 0.1) is 11.1 Å². The van der Waals surface area contributed by atoms with E-state index in [0.29, 0.717) is 22.3 Å². The zero-order chi connectivity index (χ0) is 11.7. The summed E-state index contributed by atoms with van der Waals surface area (Å²) in [6, 6.07) is 3.01. The number of hydrogen-bond donors (Lipinski definition) is 0. The lowest BCUT2D eigenvalue weighted by Crippen LogP contribution is -2.12. The van der Waals surface area contributed by atoms with Crippen molar-refractivity contribution < 1.29 is 9.13 Å². The molecular formula is C13H16ClFO. The summed E-state index contributed by atoms with van der Waals surface area (Å²) in [7, 11) is 0. The maximum atomic E-state index is 13.2. The largest absolute Gasteiger partial charge is 0.489 e. The van der Waals surface area contributed by atoms with Crippen molar-refractivity contribution in [1.82, 2.24) is 0 Å². The lowest BCUT2D eigenvalue weighted by molar-refractivity contribution is 0.205. The van der Waals surface area contributed by atoms with Gasteiger partial charge in [0.1, 0.15) is 11.6 Å². The Morgan fingerprint density at radius 1 is 1.38 bits per heavy atom. The van der Waals surface area contributed by atoms with Crippen molar-refractivity contribution in [2.45, 2.75) is 39.2 Å². The topological polar surface area (TPSA) is 9.23 Å². The van der Waals surface area contributed by atoms with Gasteiger partial charge in [0.25, 0.3) is 0 Å². The van der Waals surface area contributed by atoms with E-state index in [2.05, 4.69) is 6.92 Å². The highest BCUT2D eigenvalue weighted by atomic mass is 35.5. The van der Waals surface area contributed by atoms with E-state index in [1.165, 1.54) is 12.5 Å². The van der Waals surface area contributed by atoms with Crippen molar-refractivity contribution in [3.63, 3.8) is 0 Å². The fraction of sp³-hybridized carbons (Fsp3) is 0.538. The Bertz CT molecular complexity index is 392. The molecule has 0 amide bonds. The van der Waals surface area contributed by atoms with Gasteiger partial charge < -0.3 is 4.74 Å². The van der Waals surface area contributed by atoms with Crippen LogP contribution in [0, 0.1) is 18.7 Å².